The Morgan fingerprint density at radius 2 is 1.84 bits per heavy atom. The fourth-order valence-electron chi connectivity index (χ4n) is 2.72. The Hall–Kier alpha value is -3.40. The Labute approximate surface area is 181 Å². The van der Waals surface area contributed by atoms with Crippen LogP contribution in [0.2, 0.25) is 0 Å². The van der Waals surface area contributed by atoms with Crippen molar-refractivity contribution in [2.75, 3.05) is 17.6 Å². The highest BCUT2D eigenvalue weighted by atomic mass is 32.2. The summed E-state index contributed by atoms with van der Waals surface area (Å²) < 4.78 is 35.4. The lowest BCUT2D eigenvalue weighted by Crippen LogP contribution is -2.37. The van der Waals surface area contributed by atoms with E-state index in [1.54, 1.807) is 24.3 Å². The molecular formula is C21H24N4O5S. The number of aromatic nitrogens is 2. The van der Waals surface area contributed by atoms with Crippen LogP contribution in [-0.4, -0.2) is 43.9 Å². The number of hydrogen-bond donors (Lipinski definition) is 1. The number of nitrogens with zero attached hydrogens (tertiary/aromatic N) is 3. The van der Waals surface area contributed by atoms with Gasteiger partial charge in [-0.3, -0.25) is 9.10 Å². The maximum atomic E-state index is 12.5. The van der Waals surface area contributed by atoms with E-state index in [-0.39, 0.29) is 18.3 Å². The third-order valence-corrected chi connectivity index (χ3v) is 5.76. The second-order valence-electron chi connectivity index (χ2n) is 6.83. The summed E-state index contributed by atoms with van der Waals surface area (Å²) in [5.74, 6) is 0.874. The lowest BCUT2D eigenvalue weighted by atomic mass is 10.2. The molecule has 0 fully saturated rings. The number of anilines is 1. The molecule has 0 aliphatic heterocycles. The molecule has 9 nitrogen and oxygen atoms in total. The lowest BCUT2D eigenvalue weighted by Gasteiger charge is -2.19. The first-order valence-electron chi connectivity index (χ1n) is 9.64. The van der Waals surface area contributed by atoms with Crippen LogP contribution < -0.4 is 14.4 Å². The molecule has 1 atom stereocenters. The van der Waals surface area contributed by atoms with Crippen molar-refractivity contribution in [2.24, 2.45) is 0 Å². The van der Waals surface area contributed by atoms with Gasteiger partial charge in [0.05, 0.1) is 18.5 Å². The Balaban J connectivity index is 1.57. The molecule has 1 heterocycles. The third-order valence-electron chi connectivity index (χ3n) is 4.55. The highest BCUT2D eigenvalue weighted by Crippen LogP contribution is 2.21. The van der Waals surface area contributed by atoms with E-state index in [4.69, 9.17) is 9.26 Å². The quantitative estimate of drug-likeness (QED) is 0.539. The summed E-state index contributed by atoms with van der Waals surface area (Å²) >= 11 is 0. The molecule has 0 bridgehead atoms. The average Bonchev–Trinajstić information content (AvgIpc) is 3.25. The van der Waals surface area contributed by atoms with E-state index in [1.807, 2.05) is 37.3 Å². The van der Waals surface area contributed by atoms with Gasteiger partial charge in [0.15, 0.2) is 6.10 Å². The molecule has 0 unspecified atom stereocenters. The summed E-state index contributed by atoms with van der Waals surface area (Å²) in [5, 5.41) is 6.66. The van der Waals surface area contributed by atoms with Gasteiger partial charge >= 0.3 is 0 Å². The normalized spacial score (nSPS) is 12.2. The minimum Gasteiger partial charge on any atom is -0.481 e. The summed E-state index contributed by atoms with van der Waals surface area (Å²) in [6.45, 7) is 1.91. The first-order chi connectivity index (χ1) is 14.8. The Bertz CT molecular complexity index is 1110. The molecule has 2 aromatic carbocycles. The maximum Gasteiger partial charge on any atom is 0.261 e. The molecular weight excluding hydrogens is 420 g/mol. The zero-order chi connectivity index (χ0) is 22.4. The van der Waals surface area contributed by atoms with Gasteiger partial charge in [0.2, 0.25) is 21.7 Å². The predicted octanol–water partition coefficient (Wildman–Crippen LogP) is 2.61. The Morgan fingerprint density at radius 1 is 1.16 bits per heavy atom. The van der Waals surface area contributed by atoms with E-state index >= 15 is 0 Å². The summed E-state index contributed by atoms with van der Waals surface area (Å²) in [7, 11) is -1.88. The number of sulfonamides is 1. The van der Waals surface area contributed by atoms with Crippen LogP contribution in [0.5, 0.6) is 5.75 Å². The van der Waals surface area contributed by atoms with Gasteiger partial charge in [0, 0.05) is 12.6 Å². The van der Waals surface area contributed by atoms with Crippen LogP contribution in [0.25, 0.3) is 11.4 Å². The van der Waals surface area contributed by atoms with E-state index < -0.39 is 16.1 Å². The minimum absolute atomic E-state index is 0.0800. The number of carbonyl (C=O) groups excluding carboxylic acids is 1. The first-order valence-corrected chi connectivity index (χ1v) is 11.5. The second-order valence-corrected chi connectivity index (χ2v) is 8.85. The van der Waals surface area contributed by atoms with Gasteiger partial charge < -0.3 is 14.6 Å². The van der Waals surface area contributed by atoms with Crippen LogP contribution in [0.15, 0.2) is 59.1 Å². The highest BCUT2D eigenvalue weighted by molar-refractivity contribution is 7.92. The van der Waals surface area contributed by atoms with Gasteiger partial charge in [-0.2, -0.15) is 4.98 Å². The molecule has 0 spiro atoms. The van der Waals surface area contributed by atoms with Crippen LogP contribution in [0.1, 0.15) is 19.2 Å². The summed E-state index contributed by atoms with van der Waals surface area (Å²) in [5.41, 5.74) is 1.32. The largest absolute Gasteiger partial charge is 0.481 e. The molecule has 10 heteroatoms. The number of carbonyl (C=O) groups is 1. The molecule has 0 aliphatic carbocycles. The topological polar surface area (TPSA) is 115 Å². The molecule has 164 valence electrons. The van der Waals surface area contributed by atoms with Crippen LogP contribution in [0.4, 0.5) is 5.69 Å². The van der Waals surface area contributed by atoms with Crippen molar-refractivity contribution in [2.45, 2.75) is 26.0 Å². The zero-order valence-corrected chi connectivity index (χ0v) is 18.3. The van der Waals surface area contributed by atoms with Gasteiger partial charge in [-0.05, 0) is 30.7 Å². The number of nitrogens with one attached hydrogen (secondary N) is 1. The van der Waals surface area contributed by atoms with Crippen molar-refractivity contribution >= 4 is 21.6 Å². The van der Waals surface area contributed by atoms with Crippen LogP contribution in [0.3, 0.4) is 0 Å². The molecule has 1 N–H and O–H groups in total. The maximum absolute atomic E-state index is 12.5. The van der Waals surface area contributed by atoms with Gasteiger partial charge in [-0.1, -0.05) is 42.4 Å². The summed E-state index contributed by atoms with van der Waals surface area (Å²) in [6, 6.07) is 15.9. The smallest absolute Gasteiger partial charge is 0.261 e. The molecule has 1 amide bonds. The molecule has 0 radical (unpaired) electrons. The number of ether oxygens (including phenoxy) is 1. The fraction of sp³-hybridized carbons (Fsp3) is 0.286. The van der Waals surface area contributed by atoms with E-state index in [0.29, 0.717) is 23.7 Å². The van der Waals surface area contributed by atoms with E-state index in [1.165, 1.54) is 7.05 Å². The van der Waals surface area contributed by atoms with Crippen molar-refractivity contribution < 1.29 is 22.5 Å². The van der Waals surface area contributed by atoms with Gasteiger partial charge in [-0.15, -0.1) is 0 Å². The molecule has 0 saturated heterocycles. The zero-order valence-electron chi connectivity index (χ0n) is 17.5. The summed E-state index contributed by atoms with van der Waals surface area (Å²) in [4.78, 5) is 16.8. The Morgan fingerprint density at radius 3 is 2.45 bits per heavy atom. The van der Waals surface area contributed by atoms with Crippen molar-refractivity contribution in [1.29, 1.82) is 0 Å². The molecule has 0 aliphatic rings. The van der Waals surface area contributed by atoms with E-state index in [2.05, 4.69) is 15.5 Å². The lowest BCUT2D eigenvalue weighted by molar-refractivity contribution is -0.128. The fourth-order valence-corrected chi connectivity index (χ4v) is 3.23. The van der Waals surface area contributed by atoms with Crippen LogP contribution in [-0.2, 0) is 21.4 Å². The number of benzene rings is 2. The number of amides is 1. The first kappa shape index (κ1) is 22.3. The van der Waals surface area contributed by atoms with Crippen molar-refractivity contribution in [3.63, 3.8) is 0 Å². The third kappa shape index (κ3) is 5.82. The van der Waals surface area contributed by atoms with Crippen molar-refractivity contribution in [3.8, 4) is 17.1 Å². The van der Waals surface area contributed by atoms with E-state index in [9.17, 15) is 13.2 Å². The monoisotopic (exact) mass is 444 g/mol. The minimum atomic E-state index is -3.35. The molecule has 3 aromatic rings. The number of rotatable bonds is 9. The van der Waals surface area contributed by atoms with E-state index in [0.717, 1.165) is 16.1 Å². The SMILES string of the molecule is CC[C@H](Oc1ccc(N(C)S(C)(=O)=O)cc1)C(=O)NCc1nc(-c2ccccc2)no1. The summed E-state index contributed by atoms with van der Waals surface area (Å²) in [6.07, 6.45) is 0.840. The molecule has 0 saturated carbocycles. The van der Waals surface area contributed by atoms with Crippen LogP contribution >= 0.6 is 0 Å². The highest BCUT2D eigenvalue weighted by Gasteiger charge is 2.20. The Kier molecular flexibility index (Phi) is 6.91. The standard InChI is InChI=1S/C21H24N4O5S/c1-4-18(29-17-12-10-16(11-13-17)25(2)31(3,27)28)21(26)22-14-19-23-20(24-30-19)15-8-6-5-7-9-15/h5-13,18H,4,14H2,1-3H3,(H,22,26)/t18-/m0/s1. The second kappa shape index (κ2) is 9.61. The number of hydrogen-bond acceptors (Lipinski definition) is 7. The average molecular weight is 445 g/mol. The van der Waals surface area contributed by atoms with Crippen molar-refractivity contribution in [3.05, 3.63) is 60.5 Å². The van der Waals surface area contributed by atoms with Gasteiger partial charge in [-0.25, -0.2) is 8.42 Å². The molecule has 31 heavy (non-hydrogen) atoms. The van der Waals surface area contributed by atoms with Gasteiger partial charge in [0.25, 0.3) is 5.91 Å². The molecule has 1 aromatic heterocycles. The van der Waals surface area contributed by atoms with Crippen molar-refractivity contribution in [1.82, 2.24) is 15.5 Å². The molecule has 3 rings (SSSR count). The van der Waals surface area contributed by atoms with Gasteiger partial charge in [0.1, 0.15) is 5.75 Å². The van der Waals surface area contributed by atoms with Crippen LogP contribution in [0, 0.1) is 0 Å². The predicted molar refractivity (Wildman–Crippen MR) is 116 cm³/mol.